The van der Waals surface area contributed by atoms with Crippen molar-refractivity contribution < 1.29 is 4.74 Å². The third-order valence-electron chi connectivity index (χ3n) is 2.89. The summed E-state index contributed by atoms with van der Waals surface area (Å²) in [7, 11) is 1.67. The molecule has 2 rings (SSSR count). The average molecular weight is 252 g/mol. The molecule has 0 aromatic carbocycles. The summed E-state index contributed by atoms with van der Waals surface area (Å²) in [6.07, 6.45) is 5.65. The van der Waals surface area contributed by atoms with Crippen LogP contribution in [0.5, 0.6) is 0 Å². The minimum Gasteiger partial charge on any atom is -0.383 e. The molecule has 6 heteroatoms. The predicted molar refractivity (Wildman–Crippen MR) is 70.0 cm³/mol. The molecule has 1 aliphatic rings. The van der Waals surface area contributed by atoms with Gasteiger partial charge in [0.1, 0.15) is 0 Å². The first-order valence-corrected chi connectivity index (χ1v) is 6.33. The third-order valence-corrected chi connectivity index (χ3v) is 2.89. The van der Waals surface area contributed by atoms with E-state index in [9.17, 15) is 4.79 Å². The van der Waals surface area contributed by atoms with Crippen LogP contribution in [0.1, 0.15) is 18.9 Å². The van der Waals surface area contributed by atoms with Crippen molar-refractivity contribution in [1.29, 1.82) is 0 Å². The van der Waals surface area contributed by atoms with Gasteiger partial charge in [0.25, 0.3) is 5.56 Å². The minimum absolute atomic E-state index is 0.0168. The van der Waals surface area contributed by atoms with E-state index in [4.69, 9.17) is 4.74 Å². The van der Waals surface area contributed by atoms with Crippen LogP contribution < -0.4 is 16.2 Å². The van der Waals surface area contributed by atoms with E-state index in [1.807, 2.05) is 0 Å². The Morgan fingerprint density at radius 1 is 1.44 bits per heavy atom. The van der Waals surface area contributed by atoms with Crippen LogP contribution in [0, 0.1) is 0 Å². The molecule has 1 aromatic rings. The lowest BCUT2D eigenvalue weighted by Crippen LogP contribution is -2.29. The summed E-state index contributed by atoms with van der Waals surface area (Å²) in [5, 5.41) is 6.27. The highest BCUT2D eigenvalue weighted by molar-refractivity contribution is 5.31. The molecule has 18 heavy (non-hydrogen) atoms. The van der Waals surface area contributed by atoms with E-state index in [-0.39, 0.29) is 5.56 Å². The normalized spacial score (nSPS) is 14.7. The molecule has 2 N–H and O–H groups in total. The Hall–Kier alpha value is -1.40. The van der Waals surface area contributed by atoms with E-state index < -0.39 is 0 Å². The maximum atomic E-state index is 12.0. The summed E-state index contributed by atoms with van der Waals surface area (Å²) in [5.41, 5.74) is -0.0168. The molecule has 0 unspecified atom stereocenters. The van der Waals surface area contributed by atoms with Crippen molar-refractivity contribution in [2.24, 2.45) is 0 Å². The lowest BCUT2D eigenvalue weighted by Gasteiger charge is -2.08. The fourth-order valence-corrected chi connectivity index (χ4v) is 1.75. The van der Waals surface area contributed by atoms with Gasteiger partial charge in [0.15, 0.2) is 5.82 Å². The molecule has 0 amide bonds. The molecule has 0 atom stereocenters. The SMILES string of the molecule is COCCNCCNc1nccn(C2CC2)c1=O. The Morgan fingerprint density at radius 3 is 3.00 bits per heavy atom. The second kappa shape index (κ2) is 6.51. The second-order valence-corrected chi connectivity index (χ2v) is 4.39. The molecule has 0 aliphatic heterocycles. The highest BCUT2D eigenvalue weighted by Crippen LogP contribution is 2.33. The molecular weight excluding hydrogens is 232 g/mol. The van der Waals surface area contributed by atoms with E-state index in [2.05, 4.69) is 15.6 Å². The Kier molecular flexibility index (Phi) is 4.72. The van der Waals surface area contributed by atoms with Crippen LogP contribution in [0.25, 0.3) is 0 Å². The Labute approximate surface area is 106 Å². The van der Waals surface area contributed by atoms with Gasteiger partial charge < -0.3 is 19.9 Å². The Bertz CT molecular complexity index is 428. The average Bonchev–Trinajstić information content (AvgIpc) is 3.20. The smallest absolute Gasteiger partial charge is 0.293 e. The number of hydrogen-bond acceptors (Lipinski definition) is 5. The number of rotatable bonds is 8. The molecule has 0 saturated heterocycles. The second-order valence-electron chi connectivity index (χ2n) is 4.39. The number of anilines is 1. The number of nitrogens with one attached hydrogen (secondary N) is 2. The number of nitrogens with zero attached hydrogens (tertiary/aromatic N) is 2. The molecule has 1 aromatic heterocycles. The maximum Gasteiger partial charge on any atom is 0.293 e. The van der Waals surface area contributed by atoms with E-state index in [1.165, 1.54) is 0 Å². The van der Waals surface area contributed by atoms with Crippen molar-refractivity contribution in [3.63, 3.8) is 0 Å². The number of ether oxygens (including phenoxy) is 1. The van der Waals surface area contributed by atoms with E-state index in [1.54, 1.807) is 24.1 Å². The number of aromatic nitrogens is 2. The van der Waals surface area contributed by atoms with Crippen molar-refractivity contribution in [1.82, 2.24) is 14.9 Å². The minimum atomic E-state index is -0.0168. The van der Waals surface area contributed by atoms with Gasteiger partial charge in [-0.25, -0.2) is 4.98 Å². The van der Waals surface area contributed by atoms with Crippen LogP contribution in [0.2, 0.25) is 0 Å². The summed E-state index contributed by atoms with van der Waals surface area (Å²) >= 11 is 0. The van der Waals surface area contributed by atoms with Crippen LogP contribution in [0.15, 0.2) is 17.2 Å². The quantitative estimate of drug-likeness (QED) is 0.648. The standard InChI is InChI=1S/C12H20N4O2/c1-18-9-7-13-4-5-14-11-12(17)16(8-6-15-11)10-2-3-10/h6,8,10,13H,2-5,7,9H2,1H3,(H,14,15). The molecule has 100 valence electrons. The number of hydrogen-bond donors (Lipinski definition) is 2. The first kappa shape index (κ1) is 13.0. The van der Waals surface area contributed by atoms with Gasteiger partial charge in [0, 0.05) is 45.2 Å². The van der Waals surface area contributed by atoms with Crippen LogP contribution in [0.4, 0.5) is 5.82 Å². The first-order valence-electron chi connectivity index (χ1n) is 6.33. The van der Waals surface area contributed by atoms with Gasteiger partial charge in [0.2, 0.25) is 0 Å². The van der Waals surface area contributed by atoms with E-state index >= 15 is 0 Å². The summed E-state index contributed by atoms with van der Waals surface area (Å²) in [6, 6.07) is 0.390. The first-order chi connectivity index (χ1) is 8.83. The largest absolute Gasteiger partial charge is 0.383 e. The molecule has 0 radical (unpaired) electrons. The summed E-state index contributed by atoms with van der Waals surface area (Å²) in [6.45, 7) is 2.97. The fourth-order valence-electron chi connectivity index (χ4n) is 1.75. The molecule has 6 nitrogen and oxygen atoms in total. The molecule has 0 spiro atoms. The molecule has 0 bridgehead atoms. The zero-order valence-electron chi connectivity index (χ0n) is 10.7. The molecule has 1 fully saturated rings. The lowest BCUT2D eigenvalue weighted by atomic mass is 10.5. The zero-order valence-corrected chi connectivity index (χ0v) is 10.7. The van der Waals surface area contributed by atoms with Crippen LogP contribution >= 0.6 is 0 Å². The highest BCUT2D eigenvalue weighted by Gasteiger charge is 2.25. The number of methoxy groups -OCH3 is 1. The Balaban J connectivity index is 1.79. The monoisotopic (exact) mass is 252 g/mol. The van der Waals surface area contributed by atoms with Crippen molar-refractivity contribution in [3.8, 4) is 0 Å². The van der Waals surface area contributed by atoms with Gasteiger partial charge in [-0.1, -0.05) is 0 Å². The fraction of sp³-hybridized carbons (Fsp3) is 0.667. The molecule has 1 aliphatic carbocycles. The van der Waals surface area contributed by atoms with E-state index in [0.717, 1.165) is 25.9 Å². The predicted octanol–water partition coefficient (Wildman–Crippen LogP) is 0.226. The van der Waals surface area contributed by atoms with Crippen molar-refractivity contribution in [3.05, 3.63) is 22.7 Å². The summed E-state index contributed by atoms with van der Waals surface area (Å²) in [5.74, 6) is 0.443. The van der Waals surface area contributed by atoms with Crippen molar-refractivity contribution >= 4 is 5.82 Å². The summed E-state index contributed by atoms with van der Waals surface area (Å²) in [4.78, 5) is 16.1. The highest BCUT2D eigenvalue weighted by atomic mass is 16.5. The van der Waals surface area contributed by atoms with Crippen molar-refractivity contribution in [2.75, 3.05) is 38.7 Å². The van der Waals surface area contributed by atoms with Gasteiger partial charge in [-0.2, -0.15) is 0 Å². The summed E-state index contributed by atoms with van der Waals surface area (Å²) < 4.78 is 6.70. The van der Waals surface area contributed by atoms with Crippen LogP contribution in [0.3, 0.4) is 0 Å². The van der Waals surface area contributed by atoms with Gasteiger partial charge in [-0.05, 0) is 12.8 Å². The van der Waals surface area contributed by atoms with Gasteiger partial charge in [-0.3, -0.25) is 4.79 Å². The maximum absolute atomic E-state index is 12.0. The van der Waals surface area contributed by atoms with Crippen molar-refractivity contribution in [2.45, 2.75) is 18.9 Å². The van der Waals surface area contributed by atoms with Gasteiger partial charge in [-0.15, -0.1) is 0 Å². The molecule has 1 saturated carbocycles. The van der Waals surface area contributed by atoms with Crippen LogP contribution in [-0.4, -0.2) is 42.9 Å². The lowest BCUT2D eigenvalue weighted by molar-refractivity contribution is 0.200. The zero-order chi connectivity index (χ0) is 12.8. The van der Waals surface area contributed by atoms with Crippen LogP contribution in [-0.2, 0) is 4.74 Å². The van der Waals surface area contributed by atoms with E-state index in [0.29, 0.717) is 25.0 Å². The third kappa shape index (κ3) is 3.54. The van der Waals surface area contributed by atoms with Gasteiger partial charge in [0.05, 0.1) is 6.61 Å². The topological polar surface area (TPSA) is 68.2 Å². The Morgan fingerprint density at radius 2 is 2.28 bits per heavy atom. The molecular formula is C12H20N4O2. The van der Waals surface area contributed by atoms with Gasteiger partial charge >= 0.3 is 0 Å². The molecule has 1 heterocycles.